The van der Waals surface area contributed by atoms with E-state index in [0.717, 1.165) is 5.56 Å². The maximum atomic E-state index is 12.6. The highest BCUT2D eigenvalue weighted by Gasteiger charge is 2.20. The van der Waals surface area contributed by atoms with Crippen molar-refractivity contribution in [3.8, 4) is 5.75 Å². The summed E-state index contributed by atoms with van der Waals surface area (Å²) in [6, 6.07) is 13.3. The molecule has 0 aliphatic rings. The van der Waals surface area contributed by atoms with E-state index >= 15 is 0 Å². The predicted octanol–water partition coefficient (Wildman–Crippen LogP) is 2.96. The number of para-hydroxylation sites is 1. The number of amides is 1. The van der Waals surface area contributed by atoms with Crippen LogP contribution in [-0.4, -0.2) is 35.1 Å². The smallest absolute Gasteiger partial charge is 0.240 e. The molecule has 0 unspecified atom stereocenters. The molecule has 28 heavy (non-hydrogen) atoms. The average Bonchev–Trinajstić information content (AvgIpc) is 2.69. The van der Waals surface area contributed by atoms with Crippen molar-refractivity contribution in [2.24, 2.45) is 5.92 Å². The number of benzene rings is 2. The van der Waals surface area contributed by atoms with Crippen LogP contribution in [0.1, 0.15) is 25.5 Å². The van der Waals surface area contributed by atoms with E-state index in [0.29, 0.717) is 11.4 Å². The molecule has 0 heterocycles. The van der Waals surface area contributed by atoms with Crippen LogP contribution in [0.4, 0.5) is 5.69 Å². The largest absolute Gasteiger partial charge is 0.496 e. The summed E-state index contributed by atoms with van der Waals surface area (Å²) < 4.78 is 38.5. The zero-order valence-electron chi connectivity index (χ0n) is 16.4. The number of methoxy groups -OCH3 is 2. The van der Waals surface area contributed by atoms with E-state index < -0.39 is 16.1 Å². The SMILES string of the molecule is COc1ccccc1[C@H](CNS(=O)(=O)c1ccc(NC(=O)C(C)C)cc1)OC. The molecule has 0 saturated heterocycles. The van der Waals surface area contributed by atoms with E-state index in [2.05, 4.69) is 10.0 Å². The van der Waals surface area contributed by atoms with Crippen molar-refractivity contribution in [3.63, 3.8) is 0 Å². The van der Waals surface area contributed by atoms with Crippen molar-refractivity contribution in [2.45, 2.75) is 24.8 Å². The van der Waals surface area contributed by atoms with Gasteiger partial charge in [-0.05, 0) is 30.3 Å². The molecular weight excluding hydrogens is 380 g/mol. The third-order valence-electron chi connectivity index (χ3n) is 4.19. The van der Waals surface area contributed by atoms with Crippen molar-refractivity contribution >= 4 is 21.6 Å². The van der Waals surface area contributed by atoms with Crippen molar-refractivity contribution in [2.75, 3.05) is 26.1 Å². The first-order valence-corrected chi connectivity index (χ1v) is 10.3. The number of anilines is 1. The Bertz CT molecular complexity index is 895. The third kappa shape index (κ3) is 5.54. The Labute approximate surface area is 166 Å². The van der Waals surface area contributed by atoms with Crippen molar-refractivity contribution in [1.82, 2.24) is 4.72 Å². The molecule has 152 valence electrons. The fraction of sp³-hybridized carbons (Fsp3) is 0.350. The van der Waals surface area contributed by atoms with Gasteiger partial charge in [0.1, 0.15) is 5.75 Å². The normalized spacial score (nSPS) is 12.6. The van der Waals surface area contributed by atoms with Gasteiger partial charge in [-0.3, -0.25) is 4.79 Å². The Morgan fingerprint density at radius 3 is 2.25 bits per heavy atom. The molecule has 2 aromatic carbocycles. The second kappa shape index (κ2) is 9.68. The quantitative estimate of drug-likeness (QED) is 0.668. The van der Waals surface area contributed by atoms with Crippen LogP contribution in [0.5, 0.6) is 5.75 Å². The van der Waals surface area contributed by atoms with E-state index in [1.54, 1.807) is 39.2 Å². The molecule has 7 nitrogen and oxygen atoms in total. The maximum Gasteiger partial charge on any atom is 0.240 e. The Morgan fingerprint density at radius 1 is 1.04 bits per heavy atom. The van der Waals surface area contributed by atoms with Crippen LogP contribution in [0.2, 0.25) is 0 Å². The fourth-order valence-electron chi connectivity index (χ4n) is 2.53. The van der Waals surface area contributed by atoms with Crippen LogP contribution >= 0.6 is 0 Å². The van der Waals surface area contributed by atoms with Crippen molar-refractivity contribution in [1.29, 1.82) is 0 Å². The molecule has 1 atom stereocenters. The summed E-state index contributed by atoms with van der Waals surface area (Å²) in [5, 5.41) is 2.73. The Morgan fingerprint density at radius 2 is 1.68 bits per heavy atom. The minimum atomic E-state index is -3.74. The third-order valence-corrected chi connectivity index (χ3v) is 5.63. The lowest BCUT2D eigenvalue weighted by atomic mass is 10.1. The van der Waals surface area contributed by atoms with Gasteiger partial charge in [0.05, 0.1) is 18.1 Å². The first kappa shape index (κ1) is 21.9. The first-order valence-electron chi connectivity index (χ1n) is 8.84. The number of nitrogens with one attached hydrogen (secondary N) is 2. The van der Waals surface area contributed by atoms with Crippen LogP contribution in [0.15, 0.2) is 53.4 Å². The number of sulfonamides is 1. The lowest BCUT2D eigenvalue weighted by Crippen LogP contribution is -2.29. The number of hydrogen-bond donors (Lipinski definition) is 2. The summed E-state index contributed by atoms with van der Waals surface area (Å²) in [6.07, 6.45) is -0.504. The highest BCUT2D eigenvalue weighted by Crippen LogP contribution is 2.27. The molecule has 2 N–H and O–H groups in total. The Balaban J connectivity index is 2.09. The van der Waals surface area contributed by atoms with Gasteiger partial charge in [0, 0.05) is 30.8 Å². The standard InChI is InChI=1S/C20H26N2O5S/c1-14(2)20(23)22-15-9-11-16(12-10-15)28(24,25)21-13-19(27-4)17-7-5-6-8-18(17)26-3/h5-12,14,19,21H,13H2,1-4H3,(H,22,23)/t19-/m0/s1. The number of rotatable bonds is 9. The summed E-state index contributed by atoms with van der Waals surface area (Å²) in [7, 11) is -0.676. The molecule has 1 amide bonds. The minimum absolute atomic E-state index is 0.0467. The van der Waals surface area contributed by atoms with Crippen LogP contribution in [-0.2, 0) is 19.6 Å². The van der Waals surface area contributed by atoms with Gasteiger partial charge in [-0.25, -0.2) is 13.1 Å². The first-order chi connectivity index (χ1) is 13.3. The van der Waals surface area contributed by atoms with Gasteiger partial charge in [-0.1, -0.05) is 32.0 Å². The monoisotopic (exact) mass is 406 g/mol. The molecule has 0 bridgehead atoms. The lowest BCUT2D eigenvalue weighted by molar-refractivity contribution is -0.118. The molecule has 0 saturated carbocycles. The van der Waals surface area contributed by atoms with Crippen LogP contribution in [0.25, 0.3) is 0 Å². The van der Waals surface area contributed by atoms with E-state index in [9.17, 15) is 13.2 Å². The molecule has 0 fully saturated rings. The van der Waals surface area contributed by atoms with Crippen LogP contribution < -0.4 is 14.8 Å². The zero-order valence-corrected chi connectivity index (χ0v) is 17.2. The zero-order chi connectivity index (χ0) is 20.7. The predicted molar refractivity (Wildman–Crippen MR) is 108 cm³/mol. The second-order valence-corrected chi connectivity index (χ2v) is 8.25. The van der Waals surface area contributed by atoms with Crippen molar-refractivity contribution < 1.29 is 22.7 Å². The summed E-state index contributed by atoms with van der Waals surface area (Å²) in [5.74, 6) is 0.332. The molecule has 0 aromatic heterocycles. The van der Waals surface area contributed by atoms with E-state index in [1.165, 1.54) is 19.2 Å². The average molecular weight is 407 g/mol. The molecule has 2 rings (SSSR count). The summed E-state index contributed by atoms with van der Waals surface area (Å²) in [5.41, 5.74) is 1.29. The van der Waals surface area contributed by atoms with Gasteiger partial charge in [0.25, 0.3) is 0 Å². The maximum absolute atomic E-state index is 12.6. The molecule has 0 aliphatic carbocycles. The fourth-order valence-corrected chi connectivity index (χ4v) is 3.56. The number of ether oxygens (including phenoxy) is 2. The van der Waals surface area contributed by atoms with E-state index in [4.69, 9.17) is 9.47 Å². The van der Waals surface area contributed by atoms with Crippen LogP contribution in [0.3, 0.4) is 0 Å². The van der Waals surface area contributed by atoms with Gasteiger partial charge in [0.2, 0.25) is 15.9 Å². The lowest BCUT2D eigenvalue weighted by Gasteiger charge is -2.19. The van der Waals surface area contributed by atoms with Gasteiger partial charge in [-0.15, -0.1) is 0 Å². The molecular formula is C20H26N2O5S. The van der Waals surface area contributed by atoms with Gasteiger partial charge in [-0.2, -0.15) is 0 Å². The molecule has 0 aliphatic heterocycles. The molecule has 0 radical (unpaired) electrons. The Hall–Kier alpha value is -2.42. The second-order valence-electron chi connectivity index (χ2n) is 6.49. The van der Waals surface area contributed by atoms with Gasteiger partial charge in [0.15, 0.2) is 0 Å². The number of hydrogen-bond acceptors (Lipinski definition) is 5. The number of carbonyl (C=O) groups is 1. The summed E-state index contributed by atoms with van der Waals surface area (Å²) >= 11 is 0. The van der Waals surface area contributed by atoms with E-state index in [1.807, 2.05) is 18.2 Å². The van der Waals surface area contributed by atoms with Crippen LogP contribution in [0, 0.1) is 5.92 Å². The van der Waals surface area contributed by atoms with Gasteiger partial charge < -0.3 is 14.8 Å². The van der Waals surface area contributed by atoms with Gasteiger partial charge >= 0.3 is 0 Å². The summed E-state index contributed by atoms with van der Waals surface area (Å²) in [6.45, 7) is 3.61. The Kier molecular flexibility index (Phi) is 7.56. The molecule has 0 spiro atoms. The van der Waals surface area contributed by atoms with E-state index in [-0.39, 0.29) is 23.3 Å². The summed E-state index contributed by atoms with van der Waals surface area (Å²) in [4.78, 5) is 11.8. The molecule has 2 aromatic rings. The molecule has 8 heteroatoms. The highest BCUT2D eigenvalue weighted by atomic mass is 32.2. The highest BCUT2D eigenvalue weighted by molar-refractivity contribution is 7.89. The number of carbonyl (C=O) groups excluding carboxylic acids is 1. The topological polar surface area (TPSA) is 93.7 Å². The van der Waals surface area contributed by atoms with Crippen molar-refractivity contribution in [3.05, 3.63) is 54.1 Å². The minimum Gasteiger partial charge on any atom is -0.496 e.